The minimum absolute atomic E-state index is 0.236. The molecule has 1 aromatic heterocycles. The van der Waals surface area contributed by atoms with Gasteiger partial charge in [-0.25, -0.2) is 4.98 Å². The molecule has 0 spiro atoms. The van der Waals surface area contributed by atoms with Gasteiger partial charge in [-0.2, -0.15) is 4.98 Å². The average Bonchev–Trinajstić information content (AvgIpc) is 2.60. The smallest absolute Gasteiger partial charge is 0.306 e. The molecule has 1 fully saturated rings. The third-order valence-corrected chi connectivity index (χ3v) is 4.30. The van der Waals surface area contributed by atoms with Crippen LogP contribution in [-0.4, -0.2) is 34.1 Å². The molecule has 3 rings (SSSR count). The van der Waals surface area contributed by atoms with E-state index in [1.165, 1.54) is 5.56 Å². The van der Waals surface area contributed by atoms with E-state index in [1.54, 1.807) is 0 Å². The number of carboxylic acids is 1. The van der Waals surface area contributed by atoms with E-state index in [4.69, 9.17) is 5.11 Å². The fraction of sp³-hybridized carbons (Fsp3) is 0.389. The number of nitrogens with zero attached hydrogens (tertiary/aromatic N) is 3. The quantitative estimate of drug-likeness (QED) is 0.879. The lowest BCUT2D eigenvalue weighted by atomic mass is 9.97. The van der Waals surface area contributed by atoms with Gasteiger partial charge in [-0.05, 0) is 25.3 Å². The summed E-state index contributed by atoms with van der Waals surface area (Å²) in [4.78, 5) is 22.3. The van der Waals surface area contributed by atoms with Gasteiger partial charge in [0.1, 0.15) is 5.82 Å². The second-order valence-electron chi connectivity index (χ2n) is 6.13. The predicted octanol–water partition coefficient (Wildman–Crippen LogP) is 2.70. The van der Waals surface area contributed by atoms with Crippen LogP contribution in [0, 0.1) is 12.8 Å². The number of anilines is 2. The Morgan fingerprint density at radius 3 is 2.62 bits per heavy atom. The Morgan fingerprint density at radius 2 is 1.96 bits per heavy atom. The number of nitrogens with one attached hydrogen (secondary N) is 1. The fourth-order valence-corrected chi connectivity index (χ4v) is 2.93. The van der Waals surface area contributed by atoms with Crippen molar-refractivity contribution >= 4 is 17.7 Å². The number of piperidine rings is 1. The first kappa shape index (κ1) is 16.2. The molecule has 2 aromatic rings. The molecule has 24 heavy (non-hydrogen) atoms. The van der Waals surface area contributed by atoms with E-state index < -0.39 is 5.97 Å². The number of carboxylic acid groups (broad SMARTS) is 1. The Morgan fingerprint density at radius 1 is 1.25 bits per heavy atom. The van der Waals surface area contributed by atoms with Crippen molar-refractivity contribution in [2.45, 2.75) is 26.3 Å². The van der Waals surface area contributed by atoms with Crippen LogP contribution in [-0.2, 0) is 11.3 Å². The maximum atomic E-state index is 11.1. The highest BCUT2D eigenvalue weighted by Crippen LogP contribution is 2.23. The zero-order valence-electron chi connectivity index (χ0n) is 13.8. The molecule has 1 aliphatic heterocycles. The molecule has 126 valence electrons. The molecule has 0 aliphatic carbocycles. The summed E-state index contributed by atoms with van der Waals surface area (Å²) in [6.45, 7) is 4.05. The van der Waals surface area contributed by atoms with Crippen LogP contribution in [0.15, 0.2) is 36.4 Å². The highest BCUT2D eigenvalue weighted by molar-refractivity contribution is 5.70. The van der Waals surface area contributed by atoms with Crippen LogP contribution < -0.4 is 10.2 Å². The third-order valence-electron chi connectivity index (χ3n) is 4.30. The average molecular weight is 326 g/mol. The van der Waals surface area contributed by atoms with Gasteiger partial charge in [0.25, 0.3) is 0 Å². The second kappa shape index (κ2) is 7.29. The van der Waals surface area contributed by atoms with Gasteiger partial charge in [-0.1, -0.05) is 30.3 Å². The number of aliphatic carboxylic acids is 1. The molecule has 1 aromatic carbocycles. The molecule has 0 radical (unpaired) electrons. The van der Waals surface area contributed by atoms with Crippen LogP contribution in [0.5, 0.6) is 0 Å². The molecule has 2 heterocycles. The monoisotopic (exact) mass is 326 g/mol. The van der Waals surface area contributed by atoms with Crippen molar-refractivity contribution in [3.05, 3.63) is 47.7 Å². The van der Waals surface area contributed by atoms with Crippen molar-refractivity contribution < 1.29 is 9.90 Å². The van der Waals surface area contributed by atoms with Gasteiger partial charge in [-0.3, -0.25) is 4.79 Å². The van der Waals surface area contributed by atoms with Gasteiger partial charge in [0, 0.05) is 31.4 Å². The number of aromatic nitrogens is 2. The van der Waals surface area contributed by atoms with Crippen molar-refractivity contribution in [2.75, 3.05) is 23.3 Å². The van der Waals surface area contributed by atoms with Gasteiger partial charge < -0.3 is 15.3 Å². The van der Waals surface area contributed by atoms with E-state index in [0.717, 1.165) is 11.5 Å². The first-order valence-corrected chi connectivity index (χ1v) is 8.23. The number of rotatable bonds is 5. The Bertz CT molecular complexity index is 697. The lowest BCUT2D eigenvalue weighted by Gasteiger charge is -2.31. The summed E-state index contributed by atoms with van der Waals surface area (Å²) in [6.07, 6.45) is 1.32. The van der Waals surface area contributed by atoms with E-state index in [-0.39, 0.29) is 5.92 Å². The fourth-order valence-electron chi connectivity index (χ4n) is 2.93. The SMILES string of the molecule is Cc1cc(N2CCC(C(=O)O)CC2)nc(NCc2ccccc2)n1. The molecule has 0 amide bonds. The summed E-state index contributed by atoms with van der Waals surface area (Å²) < 4.78 is 0. The summed E-state index contributed by atoms with van der Waals surface area (Å²) in [7, 11) is 0. The minimum Gasteiger partial charge on any atom is -0.481 e. The van der Waals surface area contributed by atoms with Crippen molar-refractivity contribution in [1.29, 1.82) is 0 Å². The van der Waals surface area contributed by atoms with Crippen molar-refractivity contribution in [2.24, 2.45) is 5.92 Å². The molecular weight excluding hydrogens is 304 g/mol. The minimum atomic E-state index is -0.696. The van der Waals surface area contributed by atoms with E-state index in [0.29, 0.717) is 38.4 Å². The van der Waals surface area contributed by atoms with Crippen LogP contribution in [0.1, 0.15) is 24.1 Å². The number of hydrogen-bond acceptors (Lipinski definition) is 5. The van der Waals surface area contributed by atoms with E-state index >= 15 is 0 Å². The lowest BCUT2D eigenvalue weighted by Crippen LogP contribution is -2.37. The number of carbonyl (C=O) groups is 1. The van der Waals surface area contributed by atoms with Crippen LogP contribution in [0.3, 0.4) is 0 Å². The standard InChI is InChI=1S/C18H22N4O2/c1-13-11-16(22-9-7-15(8-10-22)17(23)24)21-18(20-13)19-12-14-5-3-2-4-6-14/h2-6,11,15H,7-10,12H2,1H3,(H,23,24)(H,19,20,21). The predicted molar refractivity (Wildman–Crippen MR) is 93.1 cm³/mol. The molecule has 0 atom stereocenters. The Kier molecular flexibility index (Phi) is 4.93. The van der Waals surface area contributed by atoms with E-state index in [9.17, 15) is 4.79 Å². The maximum absolute atomic E-state index is 11.1. The number of hydrogen-bond donors (Lipinski definition) is 2. The largest absolute Gasteiger partial charge is 0.481 e. The zero-order chi connectivity index (χ0) is 16.9. The molecule has 0 bridgehead atoms. The summed E-state index contributed by atoms with van der Waals surface area (Å²) in [5.41, 5.74) is 2.07. The summed E-state index contributed by atoms with van der Waals surface area (Å²) in [5.74, 6) is 0.537. The van der Waals surface area contributed by atoms with Gasteiger partial charge in [0.2, 0.25) is 5.95 Å². The highest BCUT2D eigenvalue weighted by atomic mass is 16.4. The van der Waals surface area contributed by atoms with Gasteiger partial charge >= 0.3 is 5.97 Å². The molecule has 0 saturated carbocycles. The van der Waals surface area contributed by atoms with Crippen molar-refractivity contribution in [3.8, 4) is 0 Å². The number of benzene rings is 1. The zero-order valence-corrected chi connectivity index (χ0v) is 13.8. The number of aryl methyl sites for hydroxylation is 1. The summed E-state index contributed by atoms with van der Waals surface area (Å²) in [5, 5.41) is 12.4. The van der Waals surface area contributed by atoms with Gasteiger partial charge in [0.15, 0.2) is 0 Å². The van der Waals surface area contributed by atoms with Crippen molar-refractivity contribution in [3.63, 3.8) is 0 Å². The topological polar surface area (TPSA) is 78.4 Å². The third kappa shape index (κ3) is 4.01. The molecular formula is C18H22N4O2. The normalized spacial score (nSPS) is 15.3. The molecule has 1 aliphatic rings. The molecule has 2 N–H and O–H groups in total. The Balaban J connectivity index is 1.67. The Labute approximate surface area is 141 Å². The highest BCUT2D eigenvalue weighted by Gasteiger charge is 2.25. The van der Waals surface area contributed by atoms with Crippen LogP contribution in [0.4, 0.5) is 11.8 Å². The van der Waals surface area contributed by atoms with E-state index in [1.807, 2.05) is 31.2 Å². The van der Waals surface area contributed by atoms with Crippen LogP contribution in [0.25, 0.3) is 0 Å². The molecule has 6 nitrogen and oxygen atoms in total. The summed E-state index contributed by atoms with van der Waals surface area (Å²) >= 11 is 0. The lowest BCUT2D eigenvalue weighted by molar-refractivity contribution is -0.142. The van der Waals surface area contributed by atoms with Crippen molar-refractivity contribution in [1.82, 2.24) is 9.97 Å². The second-order valence-corrected chi connectivity index (χ2v) is 6.13. The maximum Gasteiger partial charge on any atom is 0.306 e. The first-order chi connectivity index (χ1) is 11.6. The summed E-state index contributed by atoms with van der Waals surface area (Å²) in [6, 6.07) is 12.1. The molecule has 6 heteroatoms. The van der Waals surface area contributed by atoms with Crippen LogP contribution >= 0.6 is 0 Å². The van der Waals surface area contributed by atoms with Crippen LogP contribution in [0.2, 0.25) is 0 Å². The Hall–Kier alpha value is -2.63. The molecule has 0 unspecified atom stereocenters. The van der Waals surface area contributed by atoms with Gasteiger partial charge in [-0.15, -0.1) is 0 Å². The molecule has 1 saturated heterocycles. The first-order valence-electron chi connectivity index (χ1n) is 8.23. The van der Waals surface area contributed by atoms with E-state index in [2.05, 4.69) is 32.3 Å². The van der Waals surface area contributed by atoms with Gasteiger partial charge in [0.05, 0.1) is 5.92 Å².